The first-order valence-corrected chi connectivity index (χ1v) is 5.72. The number of nitrogens with two attached hydrogens (primary N) is 1. The van der Waals surface area contributed by atoms with Crippen molar-refractivity contribution >= 4 is 37.2 Å². The summed E-state index contributed by atoms with van der Waals surface area (Å²) < 4.78 is 2.34. The van der Waals surface area contributed by atoms with Crippen molar-refractivity contribution in [3.63, 3.8) is 0 Å². The molecule has 76 valence electrons. The Hall–Kier alpha value is -2.05. The van der Waals surface area contributed by atoms with Crippen molar-refractivity contribution < 1.29 is 0 Å². The summed E-state index contributed by atoms with van der Waals surface area (Å²) >= 11 is 1.71. The number of rotatable bonds is 0. The Morgan fingerprint density at radius 2 is 2.00 bits per heavy atom. The fourth-order valence-corrected chi connectivity index (χ4v) is 3.04. The Labute approximate surface area is 96.5 Å². The highest BCUT2D eigenvalue weighted by Crippen LogP contribution is 2.37. The zero-order valence-corrected chi connectivity index (χ0v) is 9.21. The highest BCUT2D eigenvalue weighted by atomic mass is 32.1. The van der Waals surface area contributed by atoms with E-state index in [1.807, 2.05) is 30.3 Å². The zero-order chi connectivity index (χ0) is 11.1. The van der Waals surface area contributed by atoms with E-state index in [0.29, 0.717) is 5.56 Å². The van der Waals surface area contributed by atoms with Crippen LogP contribution in [0.4, 0.5) is 5.69 Å². The third-order valence-electron chi connectivity index (χ3n) is 2.66. The SMILES string of the molecule is N#Cc1ccc2sc3cccc(N)c3c2c1. The van der Waals surface area contributed by atoms with Gasteiger partial charge in [0, 0.05) is 25.9 Å². The van der Waals surface area contributed by atoms with Crippen LogP contribution < -0.4 is 5.73 Å². The number of nitrogens with zero attached hydrogens (tertiary/aromatic N) is 1. The third kappa shape index (κ3) is 1.17. The lowest BCUT2D eigenvalue weighted by Crippen LogP contribution is -1.84. The maximum Gasteiger partial charge on any atom is 0.0991 e. The lowest BCUT2D eigenvalue weighted by Gasteiger charge is -1.96. The molecule has 16 heavy (non-hydrogen) atoms. The number of hydrogen-bond donors (Lipinski definition) is 1. The summed E-state index contributed by atoms with van der Waals surface area (Å²) in [4.78, 5) is 0. The van der Waals surface area contributed by atoms with Gasteiger partial charge in [0.15, 0.2) is 0 Å². The summed E-state index contributed by atoms with van der Waals surface area (Å²) in [6.07, 6.45) is 0. The van der Waals surface area contributed by atoms with Gasteiger partial charge in [-0.15, -0.1) is 11.3 Å². The average molecular weight is 224 g/mol. The van der Waals surface area contributed by atoms with Crippen LogP contribution in [0.2, 0.25) is 0 Å². The Kier molecular flexibility index (Phi) is 1.85. The Morgan fingerprint density at radius 3 is 2.81 bits per heavy atom. The van der Waals surface area contributed by atoms with Crippen LogP contribution in [0.25, 0.3) is 20.2 Å². The number of hydrogen-bond acceptors (Lipinski definition) is 3. The molecule has 0 aliphatic rings. The Balaban J connectivity index is 2.56. The van der Waals surface area contributed by atoms with Crippen LogP contribution in [0.1, 0.15) is 5.56 Å². The monoisotopic (exact) mass is 224 g/mol. The molecular weight excluding hydrogens is 216 g/mol. The second kappa shape index (κ2) is 3.22. The molecule has 0 atom stereocenters. The first-order valence-electron chi connectivity index (χ1n) is 4.90. The van der Waals surface area contributed by atoms with Gasteiger partial charge in [0.1, 0.15) is 0 Å². The summed E-state index contributed by atoms with van der Waals surface area (Å²) in [5, 5.41) is 11.0. The van der Waals surface area contributed by atoms with E-state index in [2.05, 4.69) is 12.1 Å². The Morgan fingerprint density at radius 1 is 1.12 bits per heavy atom. The number of thiophene rings is 1. The molecule has 3 heteroatoms. The molecule has 0 unspecified atom stereocenters. The maximum absolute atomic E-state index is 8.90. The van der Waals surface area contributed by atoms with Gasteiger partial charge in [-0.3, -0.25) is 0 Å². The Bertz CT molecular complexity index is 735. The van der Waals surface area contributed by atoms with Gasteiger partial charge in [0.2, 0.25) is 0 Å². The zero-order valence-electron chi connectivity index (χ0n) is 8.40. The minimum atomic E-state index is 0.676. The van der Waals surface area contributed by atoms with Crippen molar-refractivity contribution in [2.24, 2.45) is 0 Å². The van der Waals surface area contributed by atoms with Crippen LogP contribution in [0.3, 0.4) is 0 Å². The standard InChI is InChI=1S/C13H8N2S/c14-7-8-4-5-11-9(6-8)13-10(15)2-1-3-12(13)16-11/h1-6H,15H2. The van der Waals surface area contributed by atoms with E-state index in [-0.39, 0.29) is 0 Å². The van der Waals surface area contributed by atoms with Gasteiger partial charge in [0.25, 0.3) is 0 Å². The molecule has 0 aliphatic heterocycles. The second-order valence-corrected chi connectivity index (χ2v) is 4.73. The quantitative estimate of drug-likeness (QED) is 0.594. The molecule has 0 spiro atoms. The first kappa shape index (κ1) is 9.20. The van der Waals surface area contributed by atoms with E-state index >= 15 is 0 Å². The molecule has 3 rings (SSSR count). The fraction of sp³-hybridized carbons (Fsp3) is 0. The number of nitrogen functional groups attached to an aromatic ring is 1. The summed E-state index contributed by atoms with van der Waals surface area (Å²) in [6.45, 7) is 0. The molecule has 1 aromatic heterocycles. The average Bonchev–Trinajstić information content (AvgIpc) is 2.67. The minimum absolute atomic E-state index is 0.676. The first-order chi connectivity index (χ1) is 7.79. The predicted molar refractivity (Wildman–Crippen MR) is 68.5 cm³/mol. The second-order valence-electron chi connectivity index (χ2n) is 3.65. The van der Waals surface area contributed by atoms with Crippen LogP contribution in [0.5, 0.6) is 0 Å². The van der Waals surface area contributed by atoms with E-state index in [0.717, 1.165) is 16.5 Å². The minimum Gasteiger partial charge on any atom is -0.398 e. The van der Waals surface area contributed by atoms with Gasteiger partial charge in [-0.05, 0) is 30.3 Å². The van der Waals surface area contributed by atoms with Crippen LogP contribution >= 0.6 is 11.3 Å². The van der Waals surface area contributed by atoms with Gasteiger partial charge >= 0.3 is 0 Å². The van der Waals surface area contributed by atoms with Crippen molar-refractivity contribution in [2.45, 2.75) is 0 Å². The van der Waals surface area contributed by atoms with E-state index in [1.165, 1.54) is 9.40 Å². The largest absolute Gasteiger partial charge is 0.398 e. The molecule has 1 heterocycles. The summed E-state index contributed by atoms with van der Waals surface area (Å²) in [6, 6.07) is 13.8. The number of fused-ring (bicyclic) bond motifs is 3. The predicted octanol–water partition coefficient (Wildman–Crippen LogP) is 3.51. The topological polar surface area (TPSA) is 49.8 Å². The van der Waals surface area contributed by atoms with E-state index in [1.54, 1.807) is 11.3 Å². The molecule has 0 saturated carbocycles. The van der Waals surface area contributed by atoms with Crippen LogP contribution in [0, 0.1) is 11.3 Å². The highest BCUT2D eigenvalue weighted by Gasteiger charge is 2.07. The van der Waals surface area contributed by atoms with Crippen molar-refractivity contribution in [1.29, 1.82) is 5.26 Å². The van der Waals surface area contributed by atoms with Gasteiger partial charge in [-0.2, -0.15) is 5.26 Å². The van der Waals surface area contributed by atoms with Gasteiger partial charge in [-0.25, -0.2) is 0 Å². The third-order valence-corrected chi connectivity index (χ3v) is 3.79. The molecule has 2 N–H and O–H groups in total. The summed E-state index contributed by atoms with van der Waals surface area (Å²) in [7, 11) is 0. The highest BCUT2D eigenvalue weighted by molar-refractivity contribution is 7.25. The molecule has 0 fully saturated rings. The lowest BCUT2D eigenvalue weighted by atomic mass is 10.1. The van der Waals surface area contributed by atoms with Gasteiger partial charge in [-0.1, -0.05) is 6.07 Å². The maximum atomic E-state index is 8.90. The van der Waals surface area contributed by atoms with E-state index < -0.39 is 0 Å². The number of benzene rings is 2. The van der Waals surface area contributed by atoms with Crippen LogP contribution in [0.15, 0.2) is 36.4 Å². The molecule has 0 bridgehead atoms. The van der Waals surface area contributed by atoms with Crippen molar-refractivity contribution in [3.05, 3.63) is 42.0 Å². The molecule has 2 nitrogen and oxygen atoms in total. The molecule has 0 amide bonds. The van der Waals surface area contributed by atoms with Gasteiger partial charge < -0.3 is 5.73 Å². The molecule has 3 aromatic rings. The summed E-state index contributed by atoms with van der Waals surface area (Å²) in [5.41, 5.74) is 7.44. The summed E-state index contributed by atoms with van der Waals surface area (Å²) in [5.74, 6) is 0. The number of anilines is 1. The molecule has 2 aromatic carbocycles. The van der Waals surface area contributed by atoms with E-state index in [4.69, 9.17) is 11.0 Å². The smallest absolute Gasteiger partial charge is 0.0991 e. The fourth-order valence-electron chi connectivity index (χ4n) is 1.92. The lowest BCUT2D eigenvalue weighted by molar-refractivity contribution is 1.50. The van der Waals surface area contributed by atoms with Crippen LogP contribution in [-0.4, -0.2) is 0 Å². The van der Waals surface area contributed by atoms with Crippen molar-refractivity contribution in [2.75, 3.05) is 5.73 Å². The van der Waals surface area contributed by atoms with Crippen molar-refractivity contribution in [3.8, 4) is 6.07 Å². The molecular formula is C13H8N2S. The van der Waals surface area contributed by atoms with Crippen LogP contribution in [-0.2, 0) is 0 Å². The molecule has 0 saturated heterocycles. The molecule has 0 radical (unpaired) electrons. The van der Waals surface area contributed by atoms with Crippen molar-refractivity contribution in [1.82, 2.24) is 0 Å². The number of nitriles is 1. The van der Waals surface area contributed by atoms with E-state index in [9.17, 15) is 0 Å². The normalized spacial score (nSPS) is 10.7. The molecule has 0 aliphatic carbocycles. The van der Waals surface area contributed by atoms with Gasteiger partial charge in [0.05, 0.1) is 11.6 Å².